The molecule has 2 rings (SSSR count). The summed E-state index contributed by atoms with van der Waals surface area (Å²) in [7, 11) is 0. The minimum atomic E-state index is 0.888. The third-order valence-corrected chi connectivity index (χ3v) is 4.09. The summed E-state index contributed by atoms with van der Waals surface area (Å²) in [6.07, 6.45) is 6.18. The lowest BCUT2D eigenvalue weighted by Gasteiger charge is -2.32. The molecular weight excluding hydrogens is 290 g/mol. The highest BCUT2D eigenvalue weighted by atomic mass is 79.9. The maximum atomic E-state index is 4.63. The fraction of sp³-hybridized carbons (Fsp3) is 0.714. The van der Waals surface area contributed by atoms with Crippen LogP contribution in [0.1, 0.15) is 45.4 Å². The zero-order valence-corrected chi connectivity index (χ0v) is 12.9. The van der Waals surface area contributed by atoms with Crippen LogP contribution in [0.5, 0.6) is 0 Å². The van der Waals surface area contributed by atoms with Crippen LogP contribution in [0.25, 0.3) is 0 Å². The summed E-state index contributed by atoms with van der Waals surface area (Å²) in [5, 5.41) is 0. The first-order valence-electron chi connectivity index (χ1n) is 7.01. The van der Waals surface area contributed by atoms with Crippen molar-refractivity contribution in [3.63, 3.8) is 0 Å². The lowest BCUT2D eigenvalue weighted by Crippen LogP contribution is -2.34. The molecule has 3 nitrogen and oxygen atoms in total. The second kappa shape index (κ2) is 6.50. The monoisotopic (exact) mass is 311 g/mol. The first-order valence-corrected chi connectivity index (χ1v) is 7.80. The minimum Gasteiger partial charge on any atom is -0.356 e. The molecule has 1 aromatic rings. The maximum Gasteiger partial charge on any atom is 0.133 e. The van der Waals surface area contributed by atoms with Crippen LogP contribution in [0.4, 0.5) is 5.82 Å². The summed E-state index contributed by atoms with van der Waals surface area (Å²) < 4.78 is 0.903. The Morgan fingerprint density at radius 2 is 2.00 bits per heavy atom. The lowest BCUT2D eigenvalue weighted by molar-refractivity contribution is 0.377. The highest BCUT2D eigenvalue weighted by Crippen LogP contribution is 2.26. The van der Waals surface area contributed by atoms with E-state index in [2.05, 4.69) is 44.6 Å². The SMILES string of the molecule is CCCC1CCN(c2cc(Br)nc(CC)n2)CC1. The molecule has 0 spiro atoms. The Labute approximate surface area is 118 Å². The highest BCUT2D eigenvalue weighted by molar-refractivity contribution is 9.10. The molecule has 1 aliphatic heterocycles. The smallest absolute Gasteiger partial charge is 0.133 e. The van der Waals surface area contributed by atoms with Gasteiger partial charge in [-0.1, -0.05) is 26.7 Å². The maximum absolute atomic E-state index is 4.63. The molecule has 1 aliphatic rings. The van der Waals surface area contributed by atoms with Gasteiger partial charge in [-0.3, -0.25) is 0 Å². The Morgan fingerprint density at radius 3 is 2.61 bits per heavy atom. The summed E-state index contributed by atoms with van der Waals surface area (Å²) in [6.45, 7) is 6.65. The van der Waals surface area contributed by atoms with E-state index in [1.54, 1.807) is 0 Å². The highest BCUT2D eigenvalue weighted by Gasteiger charge is 2.20. The molecule has 4 heteroatoms. The van der Waals surface area contributed by atoms with Crippen molar-refractivity contribution >= 4 is 21.7 Å². The Balaban J connectivity index is 2.02. The van der Waals surface area contributed by atoms with Crippen LogP contribution in [0.15, 0.2) is 10.7 Å². The summed E-state index contributed by atoms with van der Waals surface area (Å²) in [6, 6.07) is 2.04. The molecule has 0 radical (unpaired) electrons. The molecule has 0 aliphatic carbocycles. The summed E-state index contributed by atoms with van der Waals surface area (Å²) in [5.74, 6) is 2.93. The van der Waals surface area contributed by atoms with Crippen LogP contribution in [0, 0.1) is 5.92 Å². The number of halogens is 1. The van der Waals surface area contributed by atoms with Crippen molar-refractivity contribution in [3.8, 4) is 0 Å². The van der Waals surface area contributed by atoms with Crippen LogP contribution in [0.3, 0.4) is 0 Å². The van der Waals surface area contributed by atoms with E-state index in [4.69, 9.17) is 0 Å². The molecular formula is C14H22BrN3. The van der Waals surface area contributed by atoms with Gasteiger partial charge in [-0.2, -0.15) is 0 Å². The second-order valence-electron chi connectivity index (χ2n) is 5.04. The Hall–Kier alpha value is -0.640. The van der Waals surface area contributed by atoms with E-state index < -0.39 is 0 Å². The first kappa shape index (κ1) is 13.8. The molecule has 100 valence electrons. The predicted octanol–water partition coefficient (Wildman–Crippen LogP) is 3.82. The van der Waals surface area contributed by atoms with Crippen LogP contribution >= 0.6 is 15.9 Å². The van der Waals surface area contributed by atoms with Gasteiger partial charge in [0.1, 0.15) is 16.2 Å². The van der Waals surface area contributed by atoms with Gasteiger partial charge in [-0.15, -0.1) is 0 Å². The Kier molecular flexibility index (Phi) is 4.98. The standard InChI is InChI=1S/C14H22BrN3/c1-3-5-11-6-8-18(9-7-11)14-10-12(15)16-13(4-2)17-14/h10-11H,3-9H2,1-2H3. The zero-order valence-electron chi connectivity index (χ0n) is 11.3. The predicted molar refractivity (Wildman–Crippen MR) is 79.0 cm³/mol. The molecule has 1 aromatic heterocycles. The fourth-order valence-electron chi connectivity index (χ4n) is 2.63. The van der Waals surface area contributed by atoms with Crippen LogP contribution in [-0.2, 0) is 6.42 Å². The van der Waals surface area contributed by atoms with Crippen molar-refractivity contribution in [3.05, 3.63) is 16.5 Å². The van der Waals surface area contributed by atoms with Gasteiger partial charge in [-0.25, -0.2) is 9.97 Å². The third-order valence-electron chi connectivity index (χ3n) is 3.68. The van der Waals surface area contributed by atoms with Gasteiger partial charge in [0.25, 0.3) is 0 Å². The minimum absolute atomic E-state index is 0.888. The molecule has 0 unspecified atom stereocenters. The van der Waals surface area contributed by atoms with Crippen molar-refractivity contribution in [2.75, 3.05) is 18.0 Å². The largest absolute Gasteiger partial charge is 0.356 e. The molecule has 0 amide bonds. The quantitative estimate of drug-likeness (QED) is 0.792. The Bertz CT molecular complexity index is 387. The van der Waals surface area contributed by atoms with E-state index in [9.17, 15) is 0 Å². The molecule has 0 atom stereocenters. The van der Waals surface area contributed by atoms with Crippen LogP contribution < -0.4 is 4.90 Å². The molecule has 1 fully saturated rings. The van der Waals surface area contributed by atoms with E-state index in [0.29, 0.717) is 0 Å². The van der Waals surface area contributed by atoms with Gasteiger partial charge >= 0.3 is 0 Å². The van der Waals surface area contributed by atoms with E-state index in [-0.39, 0.29) is 0 Å². The van der Waals surface area contributed by atoms with Crippen LogP contribution in [-0.4, -0.2) is 23.1 Å². The molecule has 0 aromatic carbocycles. The van der Waals surface area contributed by atoms with Crippen molar-refractivity contribution in [1.82, 2.24) is 9.97 Å². The molecule has 0 saturated carbocycles. The first-order chi connectivity index (χ1) is 8.72. The molecule has 18 heavy (non-hydrogen) atoms. The zero-order chi connectivity index (χ0) is 13.0. The number of hydrogen-bond donors (Lipinski definition) is 0. The van der Waals surface area contributed by atoms with Crippen LogP contribution in [0.2, 0.25) is 0 Å². The normalized spacial score (nSPS) is 17.2. The van der Waals surface area contributed by atoms with Gasteiger partial charge in [0.15, 0.2) is 0 Å². The number of aryl methyl sites for hydroxylation is 1. The second-order valence-corrected chi connectivity index (χ2v) is 5.85. The van der Waals surface area contributed by atoms with E-state index >= 15 is 0 Å². The van der Waals surface area contributed by atoms with Gasteiger partial charge in [0.2, 0.25) is 0 Å². The molecule has 0 N–H and O–H groups in total. The molecule has 0 bridgehead atoms. The van der Waals surface area contributed by atoms with Crippen molar-refractivity contribution < 1.29 is 0 Å². The van der Waals surface area contributed by atoms with E-state index in [1.165, 1.54) is 25.7 Å². The number of rotatable bonds is 4. The topological polar surface area (TPSA) is 29.0 Å². The summed E-state index contributed by atoms with van der Waals surface area (Å²) in [4.78, 5) is 11.4. The number of nitrogens with zero attached hydrogens (tertiary/aromatic N) is 3. The molecule has 2 heterocycles. The number of piperidine rings is 1. The summed E-state index contributed by atoms with van der Waals surface area (Å²) >= 11 is 3.48. The van der Waals surface area contributed by atoms with Crippen molar-refractivity contribution in [1.29, 1.82) is 0 Å². The number of anilines is 1. The van der Waals surface area contributed by atoms with Gasteiger partial charge in [0, 0.05) is 25.6 Å². The third kappa shape index (κ3) is 3.44. The number of aromatic nitrogens is 2. The Morgan fingerprint density at radius 1 is 1.28 bits per heavy atom. The molecule has 1 saturated heterocycles. The lowest BCUT2D eigenvalue weighted by atomic mass is 9.92. The van der Waals surface area contributed by atoms with Gasteiger partial charge < -0.3 is 4.90 Å². The number of hydrogen-bond acceptors (Lipinski definition) is 3. The van der Waals surface area contributed by atoms with Crippen molar-refractivity contribution in [2.24, 2.45) is 5.92 Å². The van der Waals surface area contributed by atoms with E-state index in [1.807, 2.05) is 6.07 Å². The summed E-state index contributed by atoms with van der Waals surface area (Å²) in [5.41, 5.74) is 0. The van der Waals surface area contributed by atoms with Gasteiger partial charge in [0.05, 0.1) is 0 Å². The van der Waals surface area contributed by atoms with E-state index in [0.717, 1.165) is 41.7 Å². The van der Waals surface area contributed by atoms with Crippen molar-refractivity contribution in [2.45, 2.75) is 46.0 Å². The fourth-order valence-corrected chi connectivity index (χ4v) is 3.04. The van der Waals surface area contributed by atoms with Gasteiger partial charge in [-0.05, 0) is 34.7 Å². The average Bonchev–Trinajstić information content (AvgIpc) is 2.39. The average molecular weight is 312 g/mol.